The zero-order valence-electron chi connectivity index (χ0n) is 6.02. The third kappa shape index (κ3) is 1.97. The van der Waals surface area contributed by atoms with Gasteiger partial charge in [-0.3, -0.25) is 10.2 Å². The number of nitrogens with one attached hydrogen (secondary N) is 2. The van der Waals surface area contributed by atoms with Crippen molar-refractivity contribution in [2.75, 3.05) is 13.2 Å². The van der Waals surface area contributed by atoms with Crippen molar-refractivity contribution >= 4 is 5.91 Å². The molecule has 0 radical (unpaired) electrons. The highest BCUT2D eigenvalue weighted by Gasteiger charge is 2.17. The Hall–Kier alpha value is -0.610. The quantitative estimate of drug-likeness (QED) is 0.545. The summed E-state index contributed by atoms with van der Waals surface area (Å²) in [6, 6.07) is 0. The summed E-state index contributed by atoms with van der Waals surface area (Å²) < 4.78 is 5.23. The smallest absolute Gasteiger partial charge is 0.236 e. The normalized spacial score (nSPS) is 26.1. The summed E-state index contributed by atoms with van der Waals surface area (Å²) in [5.41, 5.74) is 5.25. The zero-order valence-corrected chi connectivity index (χ0v) is 6.02. The molecule has 1 amide bonds. The number of hydrogen-bond donors (Lipinski definition) is 2. The van der Waals surface area contributed by atoms with E-state index < -0.39 is 0 Å². The van der Waals surface area contributed by atoms with Gasteiger partial charge >= 0.3 is 0 Å². The number of hydrazine groups is 1. The number of carbonyl (C=O) groups is 1. The third-order valence-corrected chi connectivity index (χ3v) is 1.37. The molecule has 1 saturated heterocycles. The van der Waals surface area contributed by atoms with Gasteiger partial charge in [0.15, 0.2) is 0 Å². The Morgan fingerprint density at radius 3 is 3.20 bits per heavy atom. The summed E-state index contributed by atoms with van der Waals surface area (Å²) in [5, 5.41) is 0. The van der Waals surface area contributed by atoms with E-state index in [1.54, 1.807) is 0 Å². The van der Waals surface area contributed by atoms with E-state index in [0.717, 1.165) is 0 Å². The van der Waals surface area contributed by atoms with Gasteiger partial charge < -0.3 is 4.74 Å². The summed E-state index contributed by atoms with van der Waals surface area (Å²) in [6.07, 6.45) is 0.527. The van der Waals surface area contributed by atoms with Crippen LogP contribution >= 0.6 is 0 Å². The van der Waals surface area contributed by atoms with E-state index in [2.05, 4.69) is 10.9 Å². The Balaban J connectivity index is 2.25. The van der Waals surface area contributed by atoms with E-state index in [9.17, 15) is 4.79 Å². The fraction of sp³-hybridized carbons (Fsp3) is 0.833. The average Bonchev–Trinajstić information content (AvgIpc) is 1.88. The molecule has 0 aromatic carbocycles. The molecule has 4 heteroatoms. The van der Waals surface area contributed by atoms with Crippen LogP contribution in [0.15, 0.2) is 0 Å². The second-order valence-electron chi connectivity index (χ2n) is 2.21. The van der Waals surface area contributed by atoms with Crippen LogP contribution in [0.4, 0.5) is 0 Å². The van der Waals surface area contributed by atoms with Gasteiger partial charge in [-0.25, -0.2) is 5.43 Å². The molecule has 10 heavy (non-hydrogen) atoms. The third-order valence-electron chi connectivity index (χ3n) is 1.37. The molecule has 0 aromatic rings. The highest BCUT2D eigenvalue weighted by atomic mass is 16.5. The molecule has 1 fully saturated rings. The molecule has 58 valence electrons. The SMILES string of the molecule is CCOC1CNNC(=O)C1. The molecule has 1 unspecified atom stereocenters. The van der Waals surface area contributed by atoms with Gasteiger partial charge in [-0.05, 0) is 6.92 Å². The van der Waals surface area contributed by atoms with Crippen LogP contribution in [0.1, 0.15) is 13.3 Å². The molecular weight excluding hydrogens is 132 g/mol. The Labute approximate surface area is 59.9 Å². The minimum absolute atomic E-state index is 0.00435. The number of rotatable bonds is 2. The van der Waals surface area contributed by atoms with Gasteiger partial charge in [0.05, 0.1) is 12.5 Å². The molecule has 0 spiro atoms. The summed E-state index contributed by atoms with van der Waals surface area (Å²) in [6.45, 7) is 3.30. The van der Waals surface area contributed by atoms with Crippen LogP contribution in [0.5, 0.6) is 0 Å². The molecule has 1 aliphatic rings. The molecule has 1 aliphatic heterocycles. The number of carbonyl (C=O) groups excluding carboxylic acids is 1. The van der Waals surface area contributed by atoms with Gasteiger partial charge in [-0.2, -0.15) is 0 Å². The Bertz CT molecular complexity index is 125. The predicted molar refractivity (Wildman–Crippen MR) is 36.2 cm³/mol. The Morgan fingerprint density at radius 2 is 2.60 bits per heavy atom. The van der Waals surface area contributed by atoms with Crippen molar-refractivity contribution in [2.24, 2.45) is 0 Å². The van der Waals surface area contributed by atoms with Crippen LogP contribution in [0, 0.1) is 0 Å². The van der Waals surface area contributed by atoms with Gasteiger partial charge in [0, 0.05) is 13.2 Å². The fourth-order valence-corrected chi connectivity index (χ4v) is 0.947. The minimum atomic E-state index is 0.00435. The van der Waals surface area contributed by atoms with Gasteiger partial charge in [-0.1, -0.05) is 0 Å². The lowest BCUT2D eigenvalue weighted by atomic mass is 10.2. The van der Waals surface area contributed by atoms with E-state index in [1.807, 2.05) is 6.92 Å². The monoisotopic (exact) mass is 144 g/mol. The van der Waals surface area contributed by atoms with Crippen molar-refractivity contribution in [3.05, 3.63) is 0 Å². The average molecular weight is 144 g/mol. The summed E-state index contributed by atoms with van der Waals surface area (Å²) in [7, 11) is 0. The number of ether oxygens (including phenoxy) is 1. The van der Waals surface area contributed by atoms with E-state index in [1.165, 1.54) is 0 Å². The fourth-order valence-electron chi connectivity index (χ4n) is 0.947. The van der Waals surface area contributed by atoms with E-state index in [0.29, 0.717) is 19.6 Å². The molecular formula is C6H12N2O2. The summed E-state index contributed by atoms with van der Waals surface area (Å²) in [4.78, 5) is 10.7. The summed E-state index contributed by atoms with van der Waals surface area (Å²) in [5.74, 6) is 0.00435. The van der Waals surface area contributed by atoms with Crippen LogP contribution in [-0.2, 0) is 9.53 Å². The van der Waals surface area contributed by atoms with E-state index in [-0.39, 0.29) is 12.0 Å². The van der Waals surface area contributed by atoms with Crippen LogP contribution in [-0.4, -0.2) is 25.2 Å². The molecule has 1 rings (SSSR count). The van der Waals surface area contributed by atoms with Gasteiger partial charge in [-0.15, -0.1) is 0 Å². The van der Waals surface area contributed by atoms with Crippen LogP contribution in [0.3, 0.4) is 0 Å². The molecule has 0 aliphatic carbocycles. The Morgan fingerprint density at radius 1 is 1.80 bits per heavy atom. The largest absolute Gasteiger partial charge is 0.377 e. The topological polar surface area (TPSA) is 50.4 Å². The lowest BCUT2D eigenvalue weighted by molar-refractivity contribution is -0.127. The van der Waals surface area contributed by atoms with Crippen LogP contribution in [0.2, 0.25) is 0 Å². The molecule has 4 nitrogen and oxygen atoms in total. The summed E-state index contributed by atoms with van der Waals surface area (Å²) >= 11 is 0. The molecule has 1 atom stereocenters. The number of hydrogen-bond acceptors (Lipinski definition) is 3. The first-order valence-corrected chi connectivity index (χ1v) is 3.46. The molecule has 2 N–H and O–H groups in total. The molecule has 1 heterocycles. The van der Waals surface area contributed by atoms with Crippen molar-refractivity contribution in [2.45, 2.75) is 19.4 Å². The highest BCUT2D eigenvalue weighted by Crippen LogP contribution is 1.99. The van der Waals surface area contributed by atoms with E-state index >= 15 is 0 Å². The predicted octanol–water partition coefficient (Wildman–Crippen LogP) is -0.584. The van der Waals surface area contributed by atoms with Gasteiger partial charge in [0.1, 0.15) is 0 Å². The maximum Gasteiger partial charge on any atom is 0.236 e. The van der Waals surface area contributed by atoms with Gasteiger partial charge in [0.25, 0.3) is 0 Å². The molecule has 0 bridgehead atoms. The Kier molecular flexibility index (Phi) is 2.65. The van der Waals surface area contributed by atoms with Crippen LogP contribution in [0.25, 0.3) is 0 Å². The first kappa shape index (κ1) is 7.50. The van der Waals surface area contributed by atoms with Crippen molar-refractivity contribution in [1.29, 1.82) is 0 Å². The van der Waals surface area contributed by atoms with Crippen molar-refractivity contribution < 1.29 is 9.53 Å². The van der Waals surface area contributed by atoms with Gasteiger partial charge in [0.2, 0.25) is 5.91 Å². The van der Waals surface area contributed by atoms with Crippen molar-refractivity contribution in [3.8, 4) is 0 Å². The van der Waals surface area contributed by atoms with Crippen LogP contribution < -0.4 is 10.9 Å². The first-order chi connectivity index (χ1) is 4.83. The lowest BCUT2D eigenvalue weighted by Crippen LogP contribution is -2.49. The molecule has 0 aromatic heterocycles. The standard InChI is InChI=1S/C6H12N2O2/c1-2-10-5-3-6(9)8-7-4-5/h5,7H,2-4H2,1H3,(H,8,9). The maximum absolute atomic E-state index is 10.7. The second-order valence-corrected chi connectivity index (χ2v) is 2.21. The minimum Gasteiger partial charge on any atom is -0.377 e. The zero-order chi connectivity index (χ0) is 7.40. The van der Waals surface area contributed by atoms with Crippen molar-refractivity contribution in [1.82, 2.24) is 10.9 Å². The molecule has 0 saturated carbocycles. The second kappa shape index (κ2) is 3.53. The van der Waals surface area contributed by atoms with E-state index in [4.69, 9.17) is 4.74 Å². The first-order valence-electron chi connectivity index (χ1n) is 3.46. The number of amides is 1. The lowest BCUT2D eigenvalue weighted by Gasteiger charge is -2.22. The highest BCUT2D eigenvalue weighted by molar-refractivity contribution is 5.76. The maximum atomic E-state index is 10.7. The van der Waals surface area contributed by atoms with Crippen molar-refractivity contribution in [3.63, 3.8) is 0 Å².